The van der Waals surface area contributed by atoms with Gasteiger partial charge in [0.25, 0.3) is 0 Å². The van der Waals surface area contributed by atoms with E-state index >= 15 is 0 Å². The molecule has 3 aromatic carbocycles. The number of halogens is 1. The number of methoxy groups -OCH3 is 1. The molecular formula is C25H24ClN3O2. The molecule has 0 radical (unpaired) electrons. The summed E-state index contributed by atoms with van der Waals surface area (Å²) in [5.74, 6) is 0.533. The molecule has 1 saturated heterocycles. The zero-order valence-corrected chi connectivity index (χ0v) is 18.1. The summed E-state index contributed by atoms with van der Waals surface area (Å²) in [6.45, 7) is 3.51. The quantitative estimate of drug-likeness (QED) is 0.329. The Morgan fingerprint density at radius 2 is 1.45 bits per heavy atom. The number of ether oxygens (including phenoxy) is 1. The van der Waals surface area contributed by atoms with E-state index in [0.29, 0.717) is 10.6 Å². The average molecular weight is 434 g/mol. The van der Waals surface area contributed by atoms with Gasteiger partial charge in [0, 0.05) is 42.5 Å². The van der Waals surface area contributed by atoms with Gasteiger partial charge in [-0.3, -0.25) is 0 Å². The number of amidine groups is 1. The molecule has 1 aliphatic rings. The normalized spacial score (nSPS) is 14.5. The molecular weight excluding hydrogens is 410 g/mol. The zero-order chi connectivity index (χ0) is 21.6. The van der Waals surface area contributed by atoms with Crippen molar-refractivity contribution >= 4 is 34.8 Å². The third-order valence-corrected chi connectivity index (χ3v) is 5.58. The molecule has 6 heteroatoms. The van der Waals surface area contributed by atoms with Crippen molar-refractivity contribution in [3.05, 3.63) is 95.0 Å². The topological polar surface area (TPSA) is 45.1 Å². The van der Waals surface area contributed by atoms with Gasteiger partial charge in [-0.1, -0.05) is 41.9 Å². The predicted octanol–water partition coefficient (Wildman–Crippen LogP) is 5.03. The highest BCUT2D eigenvalue weighted by Gasteiger charge is 2.21. The summed E-state index contributed by atoms with van der Waals surface area (Å²) < 4.78 is 4.82. The fourth-order valence-electron chi connectivity index (χ4n) is 3.64. The molecule has 0 saturated carbocycles. The van der Waals surface area contributed by atoms with Crippen LogP contribution in [0.4, 0.5) is 11.4 Å². The number of benzene rings is 3. The predicted molar refractivity (Wildman–Crippen MR) is 126 cm³/mol. The second-order valence-corrected chi connectivity index (χ2v) is 7.73. The van der Waals surface area contributed by atoms with Crippen molar-refractivity contribution in [2.45, 2.75) is 0 Å². The van der Waals surface area contributed by atoms with E-state index in [1.165, 1.54) is 12.8 Å². The zero-order valence-electron chi connectivity index (χ0n) is 17.4. The number of para-hydroxylation sites is 1. The molecule has 0 spiro atoms. The van der Waals surface area contributed by atoms with Crippen molar-refractivity contribution in [3.8, 4) is 0 Å². The molecule has 0 bridgehead atoms. The largest absolute Gasteiger partial charge is 0.465 e. The number of rotatable bonds is 4. The van der Waals surface area contributed by atoms with E-state index in [1.54, 1.807) is 12.1 Å². The number of carbonyl (C=O) groups is 1. The first-order chi connectivity index (χ1) is 15.1. The van der Waals surface area contributed by atoms with E-state index < -0.39 is 0 Å². The average Bonchev–Trinajstić information content (AvgIpc) is 2.84. The number of carbonyl (C=O) groups excluding carboxylic acids is 1. The lowest BCUT2D eigenvalue weighted by atomic mass is 10.1. The van der Waals surface area contributed by atoms with Crippen LogP contribution in [0.1, 0.15) is 15.9 Å². The van der Waals surface area contributed by atoms with Gasteiger partial charge in [0.15, 0.2) is 0 Å². The summed E-state index contributed by atoms with van der Waals surface area (Å²) in [5, 5.41) is 0.680. The van der Waals surface area contributed by atoms with Gasteiger partial charge in [-0.2, -0.15) is 0 Å². The molecule has 1 heterocycles. The smallest absolute Gasteiger partial charge is 0.337 e. The minimum Gasteiger partial charge on any atom is -0.465 e. The minimum absolute atomic E-state index is 0.348. The number of anilines is 1. The second kappa shape index (κ2) is 9.67. The number of esters is 1. The van der Waals surface area contributed by atoms with Gasteiger partial charge in [0.1, 0.15) is 5.84 Å². The summed E-state index contributed by atoms with van der Waals surface area (Å²) in [4.78, 5) is 21.4. The molecule has 31 heavy (non-hydrogen) atoms. The SMILES string of the molecule is COC(=O)c1ccc(C(=Nc2ccc(Cl)cc2)N2CCN(c3ccccc3)CC2)cc1. The van der Waals surface area contributed by atoms with E-state index in [4.69, 9.17) is 21.3 Å². The van der Waals surface area contributed by atoms with E-state index in [-0.39, 0.29) is 5.97 Å². The third kappa shape index (κ3) is 5.06. The van der Waals surface area contributed by atoms with Gasteiger partial charge in [-0.25, -0.2) is 9.79 Å². The van der Waals surface area contributed by atoms with Crippen molar-refractivity contribution in [1.82, 2.24) is 4.90 Å². The first-order valence-electron chi connectivity index (χ1n) is 10.2. The molecule has 0 atom stereocenters. The van der Waals surface area contributed by atoms with Crippen molar-refractivity contribution in [3.63, 3.8) is 0 Å². The Kier molecular flexibility index (Phi) is 6.53. The van der Waals surface area contributed by atoms with Crippen molar-refractivity contribution < 1.29 is 9.53 Å². The maximum Gasteiger partial charge on any atom is 0.337 e. The molecule has 1 fully saturated rings. The molecule has 158 valence electrons. The molecule has 1 aliphatic heterocycles. The Hall–Kier alpha value is -3.31. The fraction of sp³-hybridized carbons (Fsp3) is 0.200. The summed E-state index contributed by atoms with van der Waals surface area (Å²) in [5.41, 5.74) is 3.55. The second-order valence-electron chi connectivity index (χ2n) is 7.29. The highest BCUT2D eigenvalue weighted by Crippen LogP contribution is 2.22. The Balaban J connectivity index is 1.60. The van der Waals surface area contributed by atoms with Crippen LogP contribution in [0, 0.1) is 0 Å². The number of piperazine rings is 1. The number of hydrogen-bond acceptors (Lipinski definition) is 4. The highest BCUT2D eigenvalue weighted by atomic mass is 35.5. The summed E-state index contributed by atoms with van der Waals surface area (Å²) in [6, 6.07) is 25.3. The van der Waals surface area contributed by atoms with Gasteiger partial charge in [0.05, 0.1) is 18.4 Å². The first-order valence-corrected chi connectivity index (χ1v) is 10.6. The van der Waals surface area contributed by atoms with E-state index in [2.05, 4.69) is 34.1 Å². The van der Waals surface area contributed by atoms with E-state index in [9.17, 15) is 4.79 Å². The van der Waals surface area contributed by atoms with Crippen molar-refractivity contribution in [2.75, 3.05) is 38.2 Å². The molecule has 0 N–H and O–H groups in total. The van der Waals surface area contributed by atoms with Crippen molar-refractivity contribution in [2.24, 2.45) is 4.99 Å². The fourth-order valence-corrected chi connectivity index (χ4v) is 3.77. The Morgan fingerprint density at radius 3 is 2.06 bits per heavy atom. The molecule has 0 aliphatic carbocycles. The van der Waals surface area contributed by atoms with Gasteiger partial charge in [-0.05, 0) is 48.5 Å². The molecule has 0 unspecified atom stereocenters. The Morgan fingerprint density at radius 1 is 0.839 bits per heavy atom. The molecule has 3 aromatic rings. The molecule has 4 rings (SSSR count). The first kappa shape index (κ1) is 20.9. The lowest BCUT2D eigenvalue weighted by Gasteiger charge is -2.38. The number of hydrogen-bond donors (Lipinski definition) is 0. The molecule has 5 nitrogen and oxygen atoms in total. The van der Waals surface area contributed by atoms with Crippen LogP contribution in [0.3, 0.4) is 0 Å². The number of nitrogens with zero attached hydrogens (tertiary/aromatic N) is 3. The minimum atomic E-state index is -0.348. The van der Waals surface area contributed by atoms with Crippen LogP contribution in [-0.2, 0) is 4.74 Å². The van der Waals surface area contributed by atoms with Crippen LogP contribution in [0.15, 0.2) is 83.9 Å². The van der Waals surface area contributed by atoms with Gasteiger partial charge >= 0.3 is 5.97 Å². The Labute approximate surface area is 187 Å². The van der Waals surface area contributed by atoms with Crippen molar-refractivity contribution in [1.29, 1.82) is 0 Å². The summed E-state index contributed by atoms with van der Waals surface area (Å²) in [7, 11) is 1.38. The number of aliphatic imine (C=N–C) groups is 1. The van der Waals surface area contributed by atoms with Gasteiger partial charge < -0.3 is 14.5 Å². The molecule has 0 aromatic heterocycles. The lowest BCUT2D eigenvalue weighted by molar-refractivity contribution is 0.0600. The maximum absolute atomic E-state index is 11.8. The molecule has 0 amide bonds. The van der Waals surface area contributed by atoms with Gasteiger partial charge in [0.2, 0.25) is 0 Å². The summed E-state index contributed by atoms with van der Waals surface area (Å²) >= 11 is 6.04. The van der Waals surface area contributed by atoms with Crippen LogP contribution >= 0.6 is 11.6 Å². The van der Waals surface area contributed by atoms with Crippen LogP contribution in [0.2, 0.25) is 5.02 Å². The maximum atomic E-state index is 11.8. The van der Waals surface area contributed by atoms with Crippen LogP contribution in [0.5, 0.6) is 0 Å². The standard InChI is InChI=1S/C25H24ClN3O2/c1-31-25(30)20-9-7-19(8-10-20)24(27-22-13-11-21(26)12-14-22)29-17-15-28(16-18-29)23-5-3-2-4-6-23/h2-14H,15-18H2,1H3. The van der Waals surface area contributed by atoms with Crippen LogP contribution < -0.4 is 4.90 Å². The van der Waals surface area contributed by atoms with E-state index in [0.717, 1.165) is 43.3 Å². The van der Waals surface area contributed by atoms with Crippen LogP contribution in [-0.4, -0.2) is 50.0 Å². The van der Waals surface area contributed by atoms with E-state index in [1.807, 2.05) is 42.5 Å². The van der Waals surface area contributed by atoms with Crippen LogP contribution in [0.25, 0.3) is 0 Å². The van der Waals surface area contributed by atoms with Gasteiger partial charge in [-0.15, -0.1) is 0 Å². The summed E-state index contributed by atoms with van der Waals surface area (Å²) in [6.07, 6.45) is 0. The Bertz CT molecular complexity index is 1040. The highest BCUT2D eigenvalue weighted by molar-refractivity contribution is 6.30. The lowest BCUT2D eigenvalue weighted by Crippen LogP contribution is -2.49. The third-order valence-electron chi connectivity index (χ3n) is 5.33. The monoisotopic (exact) mass is 433 g/mol.